The fourth-order valence-corrected chi connectivity index (χ4v) is 2.97. The van der Waals surface area contributed by atoms with Crippen molar-refractivity contribution < 1.29 is 0 Å². The van der Waals surface area contributed by atoms with Crippen molar-refractivity contribution in [3.8, 4) is 0 Å². The maximum Gasteiger partial charge on any atom is 0.0101 e. The minimum Gasteiger partial charge on any atom is -0.314 e. The molecule has 0 amide bonds. The maximum absolute atomic E-state index is 4.03. The largest absolute Gasteiger partial charge is 0.314 e. The van der Waals surface area contributed by atoms with Crippen LogP contribution in [0.4, 0.5) is 0 Å². The van der Waals surface area contributed by atoms with Gasteiger partial charge in [-0.15, -0.1) is 6.58 Å². The van der Waals surface area contributed by atoms with Crippen molar-refractivity contribution in [1.82, 2.24) is 5.32 Å². The van der Waals surface area contributed by atoms with Gasteiger partial charge in [-0.1, -0.05) is 32.3 Å². The lowest BCUT2D eigenvalue weighted by Gasteiger charge is -2.28. The molecule has 0 radical (unpaired) electrons. The molecule has 0 heterocycles. The van der Waals surface area contributed by atoms with Gasteiger partial charge in [-0.05, 0) is 51.0 Å². The molecule has 1 saturated carbocycles. The lowest BCUT2D eigenvalue weighted by Crippen LogP contribution is -2.37. The summed E-state index contributed by atoms with van der Waals surface area (Å²) in [6.45, 7) is 12.0. The Morgan fingerprint density at radius 3 is 2.69 bits per heavy atom. The molecule has 0 saturated heterocycles. The lowest BCUT2D eigenvalue weighted by molar-refractivity contribution is 0.284. The van der Waals surface area contributed by atoms with E-state index in [0.29, 0.717) is 0 Å². The van der Waals surface area contributed by atoms with E-state index in [9.17, 15) is 0 Å². The SMILES string of the molecule is C=C(C)CCC(NCCC)C1CCCC1C. The molecular weight excluding hydrogens is 194 g/mol. The molecule has 94 valence electrons. The van der Waals surface area contributed by atoms with Crippen LogP contribution in [0.25, 0.3) is 0 Å². The summed E-state index contributed by atoms with van der Waals surface area (Å²) in [5, 5.41) is 3.76. The van der Waals surface area contributed by atoms with Crippen LogP contribution in [-0.4, -0.2) is 12.6 Å². The molecule has 1 rings (SSSR count). The van der Waals surface area contributed by atoms with Gasteiger partial charge in [-0.3, -0.25) is 0 Å². The molecule has 1 aliphatic rings. The highest BCUT2D eigenvalue weighted by Gasteiger charge is 2.29. The topological polar surface area (TPSA) is 12.0 Å². The first-order valence-electron chi connectivity index (χ1n) is 7.03. The molecule has 16 heavy (non-hydrogen) atoms. The Balaban J connectivity index is 2.44. The van der Waals surface area contributed by atoms with Gasteiger partial charge in [-0.25, -0.2) is 0 Å². The van der Waals surface area contributed by atoms with Crippen LogP contribution >= 0.6 is 0 Å². The van der Waals surface area contributed by atoms with Crippen LogP contribution in [-0.2, 0) is 0 Å². The molecule has 1 heteroatoms. The van der Waals surface area contributed by atoms with Gasteiger partial charge in [0.25, 0.3) is 0 Å². The first kappa shape index (κ1) is 13.8. The Hall–Kier alpha value is -0.300. The van der Waals surface area contributed by atoms with E-state index in [1.807, 2.05) is 0 Å². The molecule has 0 aromatic carbocycles. The average molecular weight is 223 g/mol. The highest BCUT2D eigenvalue weighted by Crippen LogP contribution is 2.35. The van der Waals surface area contributed by atoms with Crippen LogP contribution in [0, 0.1) is 11.8 Å². The zero-order valence-electron chi connectivity index (χ0n) is 11.4. The van der Waals surface area contributed by atoms with Gasteiger partial charge in [0.15, 0.2) is 0 Å². The summed E-state index contributed by atoms with van der Waals surface area (Å²) in [6, 6.07) is 0.731. The first-order valence-corrected chi connectivity index (χ1v) is 7.03. The van der Waals surface area contributed by atoms with E-state index in [-0.39, 0.29) is 0 Å². The molecule has 1 N–H and O–H groups in total. The van der Waals surface area contributed by atoms with Crippen LogP contribution in [0.1, 0.15) is 59.3 Å². The molecule has 0 aliphatic heterocycles. The molecule has 0 aromatic rings. The van der Waals surface area contributed by atoms with Gasteiger partial charge in [0.1, 0.15) is 0 Å². The second-order valence-electron chi connectivity index (χ2n) is 5.63. The van der Waals surface area contributed by atoms with Crippen LogP contribution < -0.4 is 5.32 Å². The molecule has 0 spiro atoms. The fraction of sp³-hybridized carbons (Fsp3) is 0.867. The molecule has 3 atom stereocenters. The van der Waals surface area contributed by atoms with Crippen molar-refractivity contribution in [2.75, 3.05) is 6.54 Å². The van der Waals surface area contributed by atoms with Gasteiger partial charge in [0, 0.05) is 6.04 Å². The number of rotatable bonds is 7. The highest BCUT2D eigenvalue weighted by atomic mass is 14.9. The average Bonchev–Trinajstić information content (AvgIpc) is 2.65. The molecule has 1 aliphatic carbocycles. The van der Waals surface area contributed by atoms with Crippen molar-refractivity contribution >= 4 is 0 Å². The highest BCUT2D eigenvalue weighted by molar-refractivity contribution is 4.92. The van der Waals surface area contributed by atoms with Crippen LogP contribution in [0.3, 0.4) is 0 Å². The normalized spacial score (nSPS) is 26.9. The predicted octanol–water partition coefficient (Wildman–Crippen LogP) is 4.15. The summed E-state index contributed by atoms with van der Waals surface area (Å²) < 4.78 is 0. The van der Waals surface area contributed by atoms with Crippen molar-refractivity contribution in [1.29, 1.82) is 0 Å². The van der Waals surface area contributed by atoms with Gasteiger partial charge in [0.05, 0.1) is 0 Å². The van der Waals surface area contributed by atoms with Gasteiger partial charge >= 0.3 is 0 Å². The zero-order valence-corrected chi connectivity index (χ0v) is 11.4. The molecule has 1 nitrogen and oxygen atoms in total. The van der Waals surface area contributed by atoms with Crippen LogP contribution in [0.15, 0.2) is 12.2 Å². The fourth-order valence-electron chi connectivity index (χ4n) is 2.97. The number of nitrogens with one attached hydrogen (secondary N) is 1. The monoisotopic (exact) mass is 223 g/mol. The second-order valence-corrected chi connectivity index (χ2v) is 5.63. The number of allylic oxidation sites excluding steroid dienone is 1. The molecular formula is C15H29N. The number of hydrogen-bond acceptors (Lipinski definition) is 1. The third kappa shape index (κ3) is 4.29. The zero-order chi connectivity index (χ0) is 12.0. The van der Waals surface area contributed by atoms with Crippen molar-refractivity contribution in [2.24, 2.45) is 11.8 Å². The Morgan fingerprint density at radius 1 is 1.44 bits per heavy atom. The van der Waals surface area contributed by atoms with E-state index in [2.05, 4.69) is 32.7 Å². The molecule has 3 unspecified atom stereocenters. The summed E-state index contributed by atoms with van der Waals surface area (Å²) in [5.41, 5.74) is 1.33. The third-order valence-corrected chi connectivity index (χ3v) is 3.98. The van der Waals surface area contributed by atoms with Crippen molar-refractivity contribution in [3.63, 3.8) is 0 Å². The van der Waals surface area contributed by atoms with Crippen molar-refractivity contribution in [2.45, 2.75) is 65.3 Å². The van der Waals surface area contributed by atoms with Crippen LogP contribution in [0.5, 0.6) is 0 Å². The number of hydrogen-bond donors (Lipinski definition) is 1. The summed E-state index contributed by atoms with van der Waals surface area (Å²) >= 11 is 0. The van der Waals surface area contributed by atoms with E-state index < -0.39 is 0 Å². The summed E-state index contributed by atoms with van der Waals surface area (Å²) in [6.07, 6.45) is 8.00. The van der Waals surface area contributed by atoms with Gasteiger partial charge in [0.2, 0.25) is 0 Å². The summed E-state index contributed by atoms with van der Waals surface area (Å²) in [4.78, 5) is 0. The Bertz CT molecular complexity index is 209. The smallest absolute Gasteiger partial charge is 0.0101 e. The minimum absolute atomic E-state index is 0.731. The minimum atomic E-state index is 0.731. The standard InChI is InChI=1S/C15H29N/c1-5-11-16-15(10-9-12(2)3)14-8-6-7-13(14)4/h13-16H,2,5-11H2,1,3-4H3. The van der Waals surface area contributed by atoms with E-state index >= 15 is 0 Å². The first-order chi connectivity index (χ1) is 7.65. The Morgan fingerprint density at radius 2 is 2.19 bits per heavy atom. The van der Waals surface area contributed by atoms with E-state index in [4.69, 9.17) is 0 Å². The summed E-state index contributed by atoms with van der Waals surface area (Å²) in [5.74, 6) is 1.82. The molecule has 0 aromatic heterocycles. The lowest BCUT2D eigenvalue weighted by atomic mass is 9.87. The van der Waals surface area contributed by atoms with E-state index in [1.165, 1.54) is 50.6 Å². The molecule has 1 fully saturated rings. The van der Waals surface area contributed by atoms with Crippen LogP contribution in [0.2, 0.25) is 0 Å². The van der Waals surface area contributed by atoms with E-state index in [1.54, 1.807) is 0 Å². The third-order valence-electron chi connectivity index (χ3n) is 3.98. The maximum atomic E-state index is 4.03. The Kier molecular flexibility index (Phi) is 6.12. The van der Waals surface area contributed by atoms with E-state index in [0.717, 1.165) is 17.9 Å². The van der Waals surface area contributed by atoms with Crippen molar-refractivity contribution in [3.05, 3.63) is 12.2 Å². The van der Waals surface area contributed by atoms with Gasteiger partial charge < -0.3 is 5.32 Å². The quantitative estimate of drug-likeness (QED) is 0.639. The summed E-state index contributed by atoms with van der Waals surface area (Å²) in [7, 11) is 0. The molecule has 0 bridgehead atoms. The van der Waals surface area contributed by atoms with Gasteiger partial charge in [-0.2, -0.15) is 0 Å². The Labute approximate surface area is 102 Å². The predicted molar refractivity (Wildman–Crippen MR) is 72.6 cm³/mol. The second kappa shape index (κ2) is 7.11.